The van der Waals surface area contributed by atoms with Crippen molar-refractivity contribution in [2.75, 3.05) is 26.9 Å². The zero-order valence-corrected chi connectivity index (χ0v) is 33.1. The lowest BCUT2D eigenvalue weighted by Crippen LogP contribution is -2.70. The van der Waals surface area contributed by atoms with Crippen LogP contribution in [-0.2, 0) is 23.7 Å². The summed E-state index contributed by atoms with van der Waals surface area (Å²) in [6, 6.07) is 0. The maximum Gasteiger partial charge on any atom is 0.187 e. The molecule has 0 amide bonds. The number of hydrogen-bond acceptors (Lipinski definition) is 15. The van der Waals surface area contributed by atoms with Gasteiger partial charge >= 0.3 is 0 Å². The molecule has 55 heavy (non-hydrogen) atoms. The zero-order valence-electron chi connectivity index (χ0n) is 33.1. The number of ether oxygens (including phenoxy) is 5. The molecule has 2 saturated heterocycles. The number of allylic oxidation sites excluding steroid dienone is 2. The smallest absolute Gasteiger partial charge is 0.187 e. The van der Waals surface area contributed by atoms with Crippen LogP contribution in [0, 0.1) is 52.3 Å². The first kappa shape index (κ1) is 43.7. The molecule has 15 heteroatoms. The molecular formula is C40H68O15. The number of aliphatic hydroxyl groups is 10. The van der Waals surface area contributed by atoms with Gasteiger partial charge in [0, 0.05) is 25.4 Å². The van der Waals surface area contributed by atoms with Crippen molar-refractivity contribution in [3.63, 3.8) is 0 Å². The highest BCUT2D eigenvalue weighted by Gasteiger charge is 2.71. The number of methoxy groups -OCH3 is 1. The summed E-state index contributed by atoms with van der Waals surface area (Å²) in [5, 5.41) is 109. The largest absolute Gasteiger partial charge is 0.394 e. The van der Waals surface area contributed by atoms with Crippen molar-refractivity contribution >= 4 is 0 Å². The number of aliphatic hydroxyl groups excluding tert-OH is 9. The average Bonchev–Trinajstić information content (AvgIpc) is 3.60. The highest BCUT2D eigenvalue weighted by atomic mass is 16.8. The fourth-order valence-electron chi connectivity index (χ4n) is 12.2. The Labute approximate surface area is 324 Å². The van der Waals surface area contributed by atoms with E-state index in [1.807, 2.05) is 13.8 Å². The molecule has 0 aromatic rings. The third-order valence-electron chi connectivity index (χ3n) is 15.4. The third-order valence-corrected chi connectivity index (χ3v) is 15.4. The van der Waals surface area contributed by atoms with Gasteiger partial charge in [-0.25, -0.2) is 0 Å². The predicted molar refractivity (Wildman–Crippen MR) is 195 cm³/mol. The second-order valence-electron chi connectivity index (χ2n) is 18.6. The van der Waals surface area contributed by atoms with E-state index in [0.29, 0.717) is 25.7 Å². The van der Waals surface area contributed by atoms with E-state index in [-0.39, 0.29) is 49.2 Å². The normalized spacial score (nSPS) is 52.3. The fraction of sp³-hybridized carbons (Fsp3) is 0.950. The van der Waals surface area contributed by atoms with Gasteiger partial charge < -0.3 is 74.7 Å². The monoisotopic (exact) mass is 788 g/mol. The molecule has 23 unspecified atom stereocenters. The first-order chi connectivity index (χ1) is 25.8. The average molecular weight is 789 g/mol. The van der Waals surface area contributed by atoms with Crippen LogP contribution in [0.15, 0.2) is 12.2 Å². The third kappa shape index (κ3) is 7.61. The molecule has 23 atom stereocenters. The molecule has 15 nitrogen and oxygen atoms in total. The molecular weight excluding hydrogens is 720 g/mol. The minimum Gasteiger partial charge on any atom is -0.394 e. The summed E-state index contributed by atoms with van der Waals surface area (Å²) in [6.07, 6.45) is -7.55. The van der Waals surface area contributed by atoms with Crippen LogP contribution < -0.4 is 0 Å². The quantitative estimate of drug-likeness (QED) is 0.111. The Balaban J connectivity index is 1.10. The van der Waals surface area contributed by atoms with Crippen LogP contribution in [0.25, 0.3) is 0 Å². The maximum atomic E-state index is 12.6. The highest BCUT2D eigenvalue weighted by molar-refractivity contribution is 5.21. The van der Waals surface area contributed by atoms with E-state index in [1.165, 1.54) is 7.11 Å². The fourth-order valence-corrected chi connectivity index (χ4v) is 12.2. The Morgan fingerprint density at radius 3 is 2.18 bits per heavy atom. The summed E-state index contributed by atoms with van der Waals surface area (Å²) in [6.45, 7) is 9.66. The summed E-state index contributed by atoms with van der Waals surface area (Å²) in [4.78, 5) is 0. The molecule has 318 valence electrons. The van der Waals surface area contributed by atoms with Crippen LogP contribution in [0.4, 0.5) is 0 Å². The SMILES string of the molecule is COC1C(OC2C(OCC(C)C(C)C=CC(C)C3CC(O)C4C3(C)CCC3C5(C)CCC(O)C(O)C5C(O)CC34O)OC(C(O)CO)C2O)OCC(O)C1O. The molecule has 0 spiro atoms. The van der Waals surface area contributed by atoms with Gasteiger partial charge in [0.05, 0.1) is 49.8 Å². The second-order valence-corrected chi connectivity index (χ2v) is 18.6. The van der Waals surface area contributed by atoms with Gasteiger partial charge in [-0.3, -0.25) is 0 Å². The molecule has 10 N–H and O–H groups in total. The molecule has 2 aliphatic heterocycles. The van der Waals surface area contributed by atoms with E-state index in [0.717, 1.165) is 6.42 Å². The van der Waals surface area contributed by atoms with Gasteiger partial charge in [0.15, 0.2) is 12.6 Å². The number of hydrogen-bond donors (Lipinski definition) is 10. The lowest BCUT2D eigenvalue weighted by atomic mass is 9.41. The molecule has 6 fully saturated rings. The molecule has 4 aliphatic carbocycles. The molecule has 2 heterocycles. The van der Waals surface area contributed by atoms with Crippen molar-refractivity contribution in [3.8, 4) is 0 Å². The molecule has 0 bridgehead atoms. The summed E-state index contributed by atoms with van der Waals surface area (Å²) in [7, 11) is 1.32. The molecule has 0 aromatic heterocycles. The van der Waals surface area contributed by atoms with Crippen molar-refractivity contribution in [1.82, 2.24) is 0 Å². The van der Waals surface area contributed by atoms with Crippen molar-refractivity contribution < 1.29 is 74.7 Å². The topological polar surface area (TPSA) is 248 Å². The van der Waals surface area contributed by atoms with Crippen molar-refractivity contribution in [2.24, 2.45) is 52.3 Å². The van der Waals surface area contributed by atoms with Crippen LogP contribution in [0.2, 0.25) is 0 Å². The van der Waals surface area contributed by atoms with Crippen LogP contribution in [0.1, 0.15) is 73.1 Å². The van der Waals surface area contributed by atoms with Crippen LogP contribution >= 0.6 is 0 Å². The van der Waals surface area contributed by atoms with E-state index in [4.69, 9.17) is 23.7 Å². The first-order valence-corrected chi connectivity index (χ1v) is 20.4. The Morgan fingerprint density at radius 2 is 1.51 bits per heavy atom. The van der Waals surface area contributed by atoms with Gasteiger partial charge in [0.2, 0.25) is 0 Å². The Morgan fingerprint density at radius 1 is 0.818 bits per heavy atom. The van der Waals surface area contributed by atoms with Gasteiger partial charge in [-0.2, -0.15) is 0 Å². The Hall–Kier alpha value is -0.860. The molecule has 0 radical (unpaired) electrons. The van der Waals surface area contributed by atoms with Gasteiger partial charge in [0.1, 0.15) is 42.7 Å². The summed E-state index contributed by atoms with van der Waals surface area (Å²) < 4.78 is 28.9. The Bertz CT molecular complexity index is 1320. The van der Waals surface area contributed by atoms with E-state index >= 15 is 0 Å². The van der Waals surface area contributed by atoms with Crippen molar-refractivity contribution in [1.29, 1.82) is 0 Å². The lowest BCUT2D eigenvalue weighted by Gasteiger charge is -2.66. The van der Waals surface area contributed by atoms with Gasteiger partial charge in [-0.15, -0.1) is 0 Å². The van der Waals surface area contributed by atoms with Crippen LogP contribution in [0.5, 0.6) is 0 Å². The van der Waals surface area contributed by atoms with E-state index in [9.17, 15) is 51.1 Å². The molecule has 6 aliphatic rings. The van der Waals surface area contributed by atoms with Crippen molar-refractivity contribution in [3.05, 3.63) is 12.2 Å². The lowest BCUT2D eigenvalue weighted by molar-refractivity contribution is -0.308. The number of rotatable bonds is 12. The number of fused-ring (bicyclic) bond motifs is 5. The highest BCUT2D eigenvalue weighted by Crippen LogP contribution is 2.69. The molecule has 0 aromatic carbocycles. The summed E-state index contributed by atoms with van der Waals surface area (Å²) in [5.74, 6) is -1.14. The molecule has 4 saturated carbocycles. The summed E-state index contributed by atoms with van der Waals surface area (Å²) in [5.41, 5.74) is -2.28. The Kier molecular flexibility index (Phi) is 13.2. The van der Waals surface area contributed by atoms with E-state index in [2.05, 4.69) is 32.9 Å². The second kappa shape index (κ2) is 16.7. The van der Waals surface area contributed by atoms with Crippen molar-refractivity contribution in [2.45, 2.75) is 158 Å². The van der Waals surface area contributed by atoms with Gasteiger partial charge in [-0.1, -0.05) is 46.8 Å². The standard InChI is InChI=1S/C40H68O15/c1-18(20(3)16-52-37-34(31(49)32(54-37)25(45)15-41)55-36-33(51-6)30(48)26(46)17-53-36)7-8-19(2)21-13-23(43)35-38(21,4)12-10-27-39(5)11-9-22(42)29(47)28(39)24(44)14-40(27,35)50/h7-8,18-37,41-50H,9-17H2,1-6H3. The van der Waals surface area contributed by atoms with Crippen LogP contribution in [0.3, 0.4) is 0 Å². The maximum absolute atomic E-state index is 12.6. The predicted octanol–water partition coefficient (Wildman–Crippen LogP) is -0.568. The van der Waals surface area contributed by atoms with E-state index in [1.54, 1.807) is 0 Å². The zero-order chi connectivity index (χ0) is 40.4. The summed E-state index contributed by atoms with van der Waals surface area (Å²) >= 11 is 0. The van der Waals surface area contributed by atoms with Gasteiger partial charge in [-0.05, 0) is 72.5 Å². The minimum absolute atomic E-state index is 0.0106. The van der Waals surface area contributed by atoms with Gasteiger partial charge in [0.25, 0.3) is 0 Å². The van der Waals surface area contributed by atoms with E-state index < -0.39 is 115 Å². The minimum atomic E-state index is -1.42. The van der Waals surface area contributed by atoms with Crippen LogP contribution in [-0.4, -0.2) is 163 Å². The molecule has 6 rings (SSSR count). The first-order valence-electron chi connectivity index (χ1n) is 20.4.